The van der Waals surface area contributed by atoms with Crippen molar-refractivity contribution in [2.75, 3.05) is 12.4 Å². The van der Waals surface area contributed by atoms with Gasteiger partial charge in [-0.3, -0.25) is 4.79 Å². The highest BCUT2D eigenvalue weighted by molar-refractivity contribution is 6.01. The van der Waals surface area contributed by atoms with Gasteiger partial charge >= 0.3 is 0 Å². The van der Waals surface area contributed by atoms with Gasteiger partial charge in [-0.1, -0.05) is 24.3 Å². The minimum absolute atomic E-state index is 0.194. The summed E-state index contributed by atoms with van der Waals surface area (Å²) in [6.07, 6.45) is 4.85. The van der Waals surface area contributed by atoms with E-state index in [1.807, 2.05) is 31.2 Å². The van der Waals surface area contributed by atoms with Gasteiger partial charge in [0, 0.05) is 12.1 Å². The number of methoxy groups -OCH3 is 1. The van der Waals surface area contributed by atoms with Crippen molar-refractivity contribution in [2.24, 2.45) is 0 Å². The molecule has 1 amide bonds. The minimum atomic E-state index is -0.194. The monoisotopic (exact) mass is 268 g/mol. The largest absolute Gasteiger partial charge is 0.481 e. The van der Waals surface area contributed by atoms with Crippen LogP contribution in [0.25, 0.3) is 6.08 Å². The highest BCUT2D eigenvalue weighted by Gasteiger charge is 1.99. The third kappa shape index (κ3) is 3.68. The predicted octanol–water partition coefficient (Wildman–Crippen LogP) is 3.05. The first-order chi connectivity index (χ1) is 9.69. The van der Waals surface area contributed by atoms with Gasteiger partial charge in [-0.05, 0) is 30.2 Å². The first-order valence-corrected chi connectivity index (χ1v) is 6.24. The molecule has 0 aliphatic heterocycles. The van der Waals surface area contributed by atoms with Crippen LogP contribution in [0.1, 0.15) is 11.1 Å². The Morgan fingerprint density at radius 2 is 2.05 bits per heavy atom. The zero-order valence-corrected chi connectivity index (χ0v) is 11.5. The van der Waals surface area contributed by atoms with Gasteiger partial charge in [0.05, 0.1) is 19.0 Å². The fourth-order valence-corrected chi connectivity index (χ4v) is 1.70. The van der Waals surface area contributed by atoms with Gasteiger partial charge in [0.25, 0.3) is 0 Å². The van der Waals surface area contributed by atoms with E-state index in [4.69, 9.17) is 4.74 Å². The van der Waals surface area contributed by atoms with Gasteiger partial charge in [-0.25, -0.2) is 4.98 Å². The average molecular weight is 268 g/mol. The van der Waals surface area contributed by atoms with Crippen LogP contribution in [-0.2, 0) is 4.79 Å². The van der Waals surface area contributed by atoms with Crippen LogP contribution in [-0.4, -0.2) is 18.0 Å². The van der Waals surface area contributed by atoms with Crippen molar-refractivity contribution in [3.05, 3.63) is 59.8 Å². The molecular weight excluding hydrogens is 252 g/mol. The summed E-state index contributed by atoms with van der Waals surface area (Å²) in [4.78, 5) is 15.8. The van der Waals surface area contributed by atoms with Crippen molar-refractivity contribution in [3.63, 3.8) is 0 Å². The number of rotatable bonds is 4. The Bertz CT molecular complexity index is 619. The predicted molar refractivity (Wildman–Crippen MR) is 79.6 cm³/mol. The quantitative estimate of drug-likeness (QED) is 0.867. The molecule has 20 heavy (non-hydrogen) atoms. The van der Waals surface area contributed by atoms with Crippen LogP contribution in [0.4, 0.5) is 5.69 Å². The van der Waals surface area contributed by atoms with Gasteiger partial charge in [-0.15, -0.1) is 0 Å². The number of amides is 1. The van der Waals surface area contributed by atoms with E-state index in [1.165, 1.54) is 6.08 Å². The second kappa shape index (κ2) is 6.52. The third-order valence-electron chi connectivity index (χ3n) is 2.82. The standard InChI is InChI=1S/C16H16N2O2/c1-12-5-3-4-6-13(12)7-9-15(19)18-14-8-10-16(20-2)17-11-14/h3-11H,1-2H3,(H,18,19)/b9-7+. The second-order valence-corrected chi connectivity index (χ2v) is 4.27. The number of nitrogens with zero attached hydrogens (tertiary/aromatic N) is 1. The zero-order chi connectivity index (χ0) is 14.4. The molecule has 2 aromatic rings. The Hall–Kier alpha value is -2.62. The molecule has 0 spiro atoms. The van der Waals surface area contributed by atoms with E-state index in [0.29, 0.717) is 11.6 Å². The summed E-state index contributed by atoms with van der Waals surface area (Å²) in [6.45, 7) is 2.00. The molecule has 0 fully saturated rings. The molecule has 0 saturated heterocycles. The number of hydrogen-bond acceptors (Lipinski definition) is 3. The number of aryl methyl sites for hydroxylation is 1. The first kappa shape index (κ1) is 13.8. The van der Waals surface area contributed by atoms with E-state index in [9.17, 15) is 4.79 Å². The Kier molecular flexibility index (Phi) is 4.50. The molecule has 1 aromatic carbocycles. The number of carbonyl (C=O) groups excluding carboxylic acids is 1. The van der Waals surface area contributed by atoms with E-state index in [2.05, 4.69) is 10.3 Å². The topological polar surface area (TPSA) is 51.2 Å². The SMILES string of the molecule is COc1ccc(NC(=O)/C=C/c2ccccc2C)cn1. The fraction of sp³-hybridized carbons (Fsp3) is 0.125. The summed E-state index contributed by atoms with van der Waals surface area (Å²) in [7, 11) is 1.55. The molecule has 1 N–H and O–H groups in total. The molecule has 1 heterocycles. The summed E-state index contributed by atoms with van der Waals surface area (Å²) >= 11 is 0. The molecule has 0 atom stereocenters. The second-order valence-electron chi connectivity index (χ2n) is 4.27. The van der Waals surface area contributed by atoms with Crippen LogP contribution < -0.4 is 10.1 Å². The fourth-order valence-electron chi connectivity index (χ4n) is 1.70. The number of benzene rings is 1. The third-order valence-corrected chi connectivity index (χ3v) is 2.82. The molecule has 1 aromatic heterocycles. The minimum Gasteiger partial charge on any atom is -0.481 e. The Balaban J connectivity index is 2.00. The lowest BCUT2D eigenvalue weighted by molar-refractivity contribution is -0.111. The molecule has 0 radical (unpaired) electrons. The lowest BCUT2D eigenvalue weighted by Gasteiger charge is -2.03. The van der Waals surface area contributed by atoms with Crippen molar-refractivity contribution >= 4 is 17.7 Å². The number of nitrogens with one attached hydrogen (secondary N) is 1. The average Bonchev–Trinajstić information content (AvgIpc) is 2.47. The Labute approximate surface area is 118 Å². The number of pyridine rings is 1. The zero-order valence-electron chi connectivity index (χ0n) is 11.5. The molecule has 2 rings (SSSR count). The molecule has 4 nitrogen and oxygen atoms in total. The molecule has 0 saturated carbocycles. The highest BCUT2D eigenvalue weighted by Crippen LogP contribution is 2.12. The molecule has 0 unspecified atom stereocenters. The van der Waals surface area contributed by atoms with Crippen molar-refractivity contribution in [3.8, 4) is 5.88 Å². The van der Waals surface area contributed by atoms with E-state index in [1.54, 1.807) is 31.5 Å². The van der Waals surface area contributed by atoms with Gasteiger partial charge in [0.1, 0.15) is 0 Å². The van der Waals surface area contributed by atoms with Crippen LogP contribution >= 0.6 is 0 Å². The van der Waals surface area contributed by atoms with Crippen LogP contribution in [0.3, 0.4) is 0 Å². The number of anilines is 1. The normalized spacial score (nSPS) is 10.5. The van der Waals surface area contributed by atoms with Crippen molar-refractivity contribution in [2.45, 2.75) is 6.92 Å². The molecule has 0 bridgehead atoms. The van der Waals surface area contributed by atoms with E-state index < -0.39 is 0 Å². The maximum atomic E-state index is 11.8. The summed E-state index contributed by atoms with van der Waals surface area (Å²) in [5, 5.41) is 2.74. The van der Waals surface area contributed by atoms with Crippen LogP contribution in [0.15, 0.2) is 48.7 Å². The number of carbonyl (C=O) groups is 1. The first-order valence-electron chi connectivity index (χ1n) is 6.24. The van der Waals surface area contributed by atoms with E-state index in [0.717, 1.165) is 11.1 Å². The van der Waals surface area contributed by atoms with Crippen LogP contribution in [0.5, 0.6) is 5.88 Å². The molecule has 0 aliphatic carbocycles. The lowest BCUT2D eigenvalue weighted by Crippen LogP contribution is -2.08. The Morgan fingerprint density at radius 1 is 1.25 bits per heavy atom. The van der Waals surface area contributed by atoms with Gasteiger partial charge in [-0.2, -0.15) is 0 Å². The number of ether oxygens (including phenoxy) is 1. The van der Waals surface area contributed by atoms with E-state index in [-0.39, 0.29) is 5.91 Å². The number of hydrogen-bond donors (Lipinski definition) is 1. The van der Waals surface area contributed by atoms with Gasteiger partial charge in [0.15, 0.2) is 0 Å². The summed E-state index contributed by atoms with van der Waals surface area (Å²) < 4.78 is 4.95. The van der Waals surface area contributed by atoms with Crippen molar-refractivity contribution in [1.82, 2.24) is 4.98 Å². The van der Waals surface area contributed by atoms with Crippen molar-refractivity contribution < 1.29 is 9.53 Å². The van der Waals surface area contributed by atoms with Crippen molar-refractivity contribution in [1.29, 1.82) is 0 Å². The Morgan fingerprint density at radius 3 is 2.70 bits per heavy atom. The van der Waals surface area contributed by atoms with Gasteiger partial charge < -0.3 is 10.1 Å². The number of aromatic nitrogens is 1. The molecular formula is C16H16N2O2. The van der Waals surface area contributed by atoms with E-state index >= 15 is 0 Å². The van der Waals surface area contributed by atoms with Gasteiger partial charge in [0.2, 0.25) is 11.8 Å². The smallest absolute Gasteiger partial charge is 0.248 e. The maximum absolute atomic E-state index is 11.8. The van der Waals surface area contributed by atoms with Crippen LogP contribution in [0, 0.1) is 6.92 Å². The molecule has 4 heteroatoms. The summed E-state index contributed by atoms with van der Waals surface area (Å²) in [5.74, 6) is 0.318. The lowest BCUT2D eigenvalue weighted by atomic mass is 10.1. The molecule has 0 aliphatic rings. The van der Waals surface area contributed by atoms with Crippen LogP contribution in [0.2, 0.25) is 0 Å². The molecule has 102 valence electrons. The summed E-state index contributed by atoms with van der Waals surface area (Å²) in [6, 6.07) is 11.3. The highest BCUT2D eigenvalue weighted by atomic mass is 16.5. The summed E-state index contributed by atoms with van der Waals surface area (Å²) in [5.41, 5.74) is 2.78. The maximum Gasteiger partial charge on any atom is 0.248 e.